The summed E-state index contributed by atoms with van der Waals surface area (Å²) in [6.07, 6.45) is 1.21. The maximum Gasteiger partial charge on any atom is 0.326 e. The highest BCUT2D eigenvalue weighted by Gasteiger charge is 2.17. The van der Waals surface area contributed by atoms with Crippen LogP contribution in [0.25, 0.3) is 10.8 Å². The zero-order chi connectivity index (χ0) is 13.7. The van der Waals surface area contributed by atoms with Gasteiger partial charge >= 0.3 is 5.97 Å². The number of aliphatic carboxylic acids is 1. The summed E-state index contributed by atoms with van der Waals surface area (Å²) >= 11 is 0. The Morgan fingerprint density at radius 3 is 2.68 bits per heavy atom. The molecule has 0 radical (unpaired) electrons. The third kappa shape index (κ3) is 3.23. The van der Waals surface area contributed by atoms with Gasteiger partial charge in [-0.15, -0.1) is 0 Å². The highest BCUT2D eigenvalue weighted by atomic mass is 16.4. The molecule has 0 amide bonds. The molecule has 0 spiro atoms. The SMILES string of the molecule is NCCCC(Nc1cccc2ccccc12)C(=O)O. The summed E-state index contributed by atoms with van der Waals surface area (Å²) in [4.78, 5) is 11.2. The van der Waals surface area contributed by atoms with Crippen LogP contribution in [0.2, 0.25) is 0 Å². The normalized spacial score (nSPS) is 12.3. The van der Waals surface area contributed by atoms with Crippen molar-refractivity contribution < 1.29 is 9.90 Å². The lowest BCUT2D eigenvalue weighted by Crippen LogP contribution is -2.29. The number of nitrogens with two attached hydrogens (primary N) is 1. The summed E-state index contributed by atoms with van der Waals surface area (Å²) in [5, 5.41) is 14.5. The number of anilines is 1. The van der Waals surface area contributed by atoms with Crippen molar-refractivity contribution in [2.45, 2.75) is 18.9 Å². The summed E-state index contributed by atoms with van der Waals surface area (Å²) < 4.78 is 0. The summed E-state index contributed by atoms with van der Waals surface area (Å²) in [6, 6.07) is 13.1. The lowest BCUT2D eigenvalue weighted by molar-refractivity contribution is -0.138. The van der Waals surface area contributed by atoms with Crippen molar-refractivity contribution in [3.05, 3.63) is 42.5 Å². The van der Waals surface area contributed by atoms with Gasteiger partial charge in [0.2, 0.25) is 0 Å². The zero-order valence-corrected chi connectivity index (χ0v) is 10.7. The number of benzene rings is 2. The molecule has 1 unspecified atom stereocenters. The second-order valence-electron chi connectivity index (χ2n) is 4.49. The fourth-order valence-electron chi connectivity index (χ4n) is 2.12. The van der Waals surface area contributed by atoms with Gasteiger partial charge in [0.25, 0.3) is 0 Å². The molecule has 0 fully saturated rings. The number of nitrogens with one attached hydrogen (secondary N) is 1. The first-order valence-corrected chi connectivity index (χ1v) is 6.39. The molecule has 100 valence electrons. The maximum atomic E-state index is 11.2. The summed E-state index contributed by atoms with van der Waals surface area (Å²) in [5.74, 6) is -0.846. The van der Waals surface area contributed by atoms with Crippen LogP contribution in [0.3, 0.4) is 0 Å². The molecule has 0 bridgehead atoms. The van der Waals surface area contributed by atoms with E-state index in [1.54, 1.807) is 0 Å². The fraction of sp³-hybridized carbons (Fsp3) is 0.267. The smallest absolute Gasteiger partial charge is 0.326 e. The van der Waals surface area contributed by atoms with Gasteiger partial charge in [-0.1, -0.05) is 36.4 Å². The van der Waals surface area contributed by atoms with Crippen molar-refractivity contribution in [2.75, 3.05) is 11.9 Å². The van der Waals surface area contributed by atoms with E-state index in [0.717, 1.165) is 16.5 Å². The van der Waals surface area contributed by atoms with E-state index >= 15 is 0 Å². The largest absolute Gasteiger partial charge is 0.480 e. The van der Waals surface area contributed by atoms with Gasteiger partial charge in [-0.2, -0.15) is 0 Å². The van der Waals surface area contributed by atoms with E-state index < -0.39 is 12.0 Å². The van der Waals surface area contributed by atoms with Gasteiger partial charge < -0.3 is 16.2 Å². The van der Waals surface area contributed by atoms with E-state index in [2.05, 4.69) is 5.32 Å². The van der Waals surface area contributed by atoms with Gasteiger partial charge in [-0.3, -0.25) is 0 Å². The predicted octanol–water partition coefficient (Wildman–Crippen LogP) is 2.44. The third-order valence-corrected chi connectivity index (χ3v) is 3.11. The molecule has 19 heavy (non-hydrogen) atoms. The molecule has 4 heteroatoms. The molecule has 0 saturated carbocycles. The Hall–Kier alpha value is -2.07. The van der Waals surface area contributed by atoms with Gasteiger partial charge in [-0.05, 0) is 30.8 Å². The molecule has 0 heterocycles. The van der Waals surface area contributed by atoms with Crippen LogP contribution in [-0.4, -0.2) is 23.7 Å². The molecular weight excluding hydrogens is 240 g/mol. The molecule has 0 aliphatic heterocycles. The minimum Gasteiger partial charge on any atom is -0.480 e. The van der Waals surface area contributed by atoms with E-state index in [4.69, 9.17) is 5.73 Å². The van der Waals surface area contributed by atoms with Crippen molar-refractivity contribution in [3.63, 3.8) is 0 Å². The van der Waals surface area contributed by atoms with Crippen molar-refractivity contribution in [1.82, 2.24) is 0 Å². The van der Waals surface area contributed by atoms with Crippen molar-refractivity contribution in [2.24, 2.45) is 5.73 Å². The molecule has 2 rings (SSSR count). The van der Waals surface area contributed by atoms with E-state index in [1.165, 1.54) is 0 Å². The van der Waals surface area contributed by atoms with E-state index in [9.17, 15) is 9.90 Å². The van der Waals surface area contributed by atoms with E-state index in [-0.39, 0.29) is 0 Å². The first-order valence-electron chi connectivity index (χ1n) is 6.39. The highest BCUT2D eigenvalue weighted by Crippen LogP contribution is 2.24. The minimum absolute atomic E-state index is 0.501. The topological polar surface area (TPSA) is 75.3 Å². The summed E-state index contributed by atoms with van der Waals surface area (Å²) in [6.45, 7) is 0.501. The lowest BCUT2D eigenvalue weighted by Gasteiger charge is -2.17. The molecule has 0 saturated heterocycles. The Labute approximate surface area is 112 Å². The van der Waals surface area contributed by atoms with Crippen LogP contribution in [0.4, 0.5) is 5.69 Å². The first-order chi connectivity index (χ1) is 9.22. The van der Waals surface area contributed by atoms with Crippen molar-refractivity contribution in [1.29, 1.82) is 0 Å². The molecule has 4 N–H and O–H groups in total. The predicted molar refractivity (Wildman–Crippen MR) is 77.3 cm³/mol. The third-order valence-electron chi connectivity index (χ3n) is 3.11. The van der Waals surface area contributed by atoms with Gasteiger partial charge in [0.15, 0.2) is 0 Å². The van der Waals surface area contributed by atoms with Crippen LogP contribution in [0.15, 0.2) is 42.5 Å². The second kappa shape index (κ2) is 6.20. The quantitative estimate of drug-likeness (QED) is 0.744. The Morgan fingerprint density at radius 2 is 1.95 bits per heavy atom. The lowest BCUT2D eigenvalue weighted by atomic mass is 10.1. The Bertz CT molecular complexity index is 564. The van der Waals surface area contributed by atoms with Crippen LogP contribution in [0, 0.1) is 0 Å². The fourth-order valence-corrected chi connectivity index (χ4v) is 2.12. The van der Waals surface area contributed by atoms with Crippen LogP contribution in [0.1, 0.15) is 12.8 Å². The molecule has 0 aromatic heterocycles. The van der Waals surface area contributed by atoms with Crippen molar-refractivity contribution in [3.8, 4) is 0 Å². The number of rotatable bonds is 6. The van der Waals surface area contributed by atoms with Gasteiger partial charge in [0, 0.05) is 11.1 Å². The summed E-state index contributed by atoms with van der Waals surface area (Å²) in [5.41, 5.74) is 6.29. The number of carbonyl (C=O) groups is 1. The number of hydrogen-bond acceptors (Lipinski definition) is 3. The zero-order valence-electron chi connectivity index (χ0n) is 10.7. The van der Waals surface area contributed by atoms with Gasteiger partial charge in [-0.25, -0.2) is 4.79 Å². The Balaban J connectivity index is 2.26. The van der Waals surface area contributed by atoms with E-state index in [0.29, 0.717) is 19.4 Å². The molecule has 2 aromatic rings. The monoisotopic (exact) mass is 258 g/mol. The first kappa shape index (κ1) is 13.4. The van der Waals surface area contributed by atoms with Crippen LogP contribution < -0.4 is 11.1 Å². The number of hydrogen-bond donors (Lipinski definition) is 3. The number of carboxylic acids is 1. The maximum absolute atomic E-state index is 11.2. The molecule has 0 aliphatic rings. The number of carboxylic acid groups (broad SMARTS) is 1. The number of fused-ring (bicyclic) bond motifs is 1. The van der Waals surface area contributed by atoms with Gasteiger partial charge in [0.05, 0.1) is 0 Å². The second-order valence-corrected chi connectivity index (χ2v) is 4.49. The Morgan fingerprint density at radius 1 is 1.21 bits per heavy atom. The molecule has 4 nitrogen and oxygen atoms in total. The molecular formula is C15H18N2O2. The van der Waals surface area contributed by atoms with Crippen molar-refractivity contribution >= 4 is 22.4 Å². The van der Waals surface area contributed by atoms with Crippen LogP contribution in [0.5, 0.6) is 0 Å². The average molecular weight is 258 g/mol. The standard InChI is InChI=1S/C15H18N2O2/c16-10-4-9-14(15(18)19)17-13-8-3-6-11-5-1-2-7-12(11)13/h1-3,5-8,14,17H,4,9-10,16H2,(H,18,19). The minimum atomic E-state index is -0.846. The highest BCUT2D eigenvalue weighted by molar-refractivity contribution is 5.95. The Kier molecular flexibility index (Phi) is 4.36. The van der Waals surface area contributed by atoms with Crippen LogP contribution in [-0.2, 0) is 4.79 Å². The van der Waals surface area contributed by atoms with Crippen LogP contribution >= 0.6 is 0 Å². The molecule has 2 aromatic carbocycles. The molecule has 0 aliphatic carbocycles. The summed E-state index contributed by atoms with van der Waals surface area (Å²) in [7, 11) is 0. The van der Waals surface area contributed by atoms with E-state index in [1.807, 2.05) is 42.5 Å². The van der Waals surface area contributed by atoms with Gasteiger partial charge in [0.1, 0.15) is 6.04 Å². The molecule has 1 atom stereocenters. The average Bonchev–Trinajstić information content (AvgIpc) is 2.43.